The zero-order valence-electron chi connectivity index (χ0n) is 13.6. The molecular weight excluding hydrogens is 302 g/mol. The molecule has 4 N–H and O–H groups in total. The van der Waals surface area contributed by atoms with Gasteiger partial charge in [0.15, 0.2) is 0 Å². The molecule has 126 valence electrons. The van der Waals surface area contributed by atoms with Crippen LogP contribution in [0, 0.1) is 0 Å². The molecule has 0 bridgehead atoms. The number of rotatable bonds is 8. The summed E-state index contributed by atoms with van der Waals surface area (Å²) in [6.07, 6.45) is 1.36. The molecule has 1 atom stereocenters. The molecule has 0 saturated carbocycles. The van der Waals surface area contributed by atoms with Crippen LogP contribution in [0.25, 0.3) is 0 Å². The average Bonchev–Trinajstić information content (AvgIpc) is 2.61. The smallest absolute Gasteiger partial charge is 0.247 e. The standard InChI is InChI=1S/C19H23N3O2/c20-13-7-12-18(23)22-17(14-15-8-3-1-4-9-15)19(24)21-16-10-5-2-6-11-16/h1-6,8-11,17H,7,12-14,20H2,(H,21,24)(H,22,23). The third kappa shape index (κ3) is 5.85. The van der Waals surface area contributed by atoms with Gasteiger partial charge in [0.25, 0.3) is 0 Å². The number of benzene rings is 2. The van der Waals surface area contributed by atoms with Crippen LogP contribution in [0.15, 0.2) is 60.7 Å². The first-order valence-electron chi connectivity index (χ1n) is 8.08. The molecule has 0 aliphatic rings. The van der Waals surface area contributed by atoms with Crippen molar-refractivity contribution in [2.24, 2.45) is 5.73 Å². The summed E-state index contributed by atoms with van der Waals surface area (Å²) in [6, 6.07) is 18.2. The number of nitrogens with two attached hydrogens (primary N) is 1. The van der Waals surface area contributed by atoms with E-state index in [-0.39, 0.29) is 11.8 Å². The minimum atomic E-state index is -0.627. The van der Waals surface area contributed by atoms with Gasteiger partial charge in [-0.05, 0) is 30.7 Å². The Morgan fingerprint density at radius 3 is 2.21 bits per heavy atom. The number of carbonyl (C=O) groups is 2. The summed E-state index contributed by atoms with van der Waals surface area (Å²) in [5.74, 6) is -0.393. The molecule has 5 heteroatoms. The van der Waals surface area contributed by atoms with Gasteiger partial charge in [0, 0.05) is 18.5 Å². The van der Waals surface area contributed by atoms with Crippen LogP contribution in [-0.2, 0) is 16.0 Å². The summed E-state index contributed by atoms with van der Waals surface area (Å²) < 4.78 is 0. The molecule has 2 aromatic carbocycles. The SMILES string of the molecule is NCCCC(=O)NC(Cc1ccccc1)C(=O)Nc1ccccc1. The van der Waals surface area contributed by atoms with Crippen LogP contribution in [-0.4, -0.2) is 24.4 Å². The van der Waals surface area contributed by atoms with E-state index in [2.05, 4.69) is 10.6 Å². The van der Waals surface area contributed by atoms with Crippen molar-refractivity contribution >= 4 is 17.5 Å². The van der Waals surface area contributed by atoms with Gasteiger partial charge in [-0.15, -0.1) is 0 Å². The summed E-state index contributed by atoms with van der Waals surface area (Å²) >= 11 is 0. The van der Waals surface area contributed by atoms with Crippen molar-refractivity contribution in [3.8, 4) is 0 Å². The van der Waals surface area contributed by atoms with Crippen molar-refractivity contribution in [3.63, 3.8) is 0 Å². The summed E-state index contributed by atoms with van der Waals surface area (Å²) in [4.78, 5) is 24.6. The van der Waals surface area contributed by atoms with Crippen LogP contribution in [0.4, 0.5) is 5.69 Å². The molecule has 0 aliphatic heterocycles. The Bertz CT molecular complexity index is 644. The Morgan fingerprint density at radius 2 is 1.58 bits per heavy atom. The molecule has 0 saturated heterocycles. The maximum absolute atomic E-state index is 12.6. The Labute approximate surface area is 142 Å². The van der Waals surface area contributed by atoms with Crippen LogP contribution < -0.4 is 16.4 Å². The zero-order valence-corrected chi connectivity index (χ0v) is 13.6. The number of amides is 2. The van der Waals surface area contributed by atoms with Gasteiger partial charge in [-0.2, -0.15) is 0 Å². The van der Waals surface area contributed by atoms with Crippen molar-refractivity contribution < 1.29 is 9.59 Å². The Balaban J connectivity index is 2.06. The summed E-state index contributed by atoms with van der Waals surface area (Å²) in [6.45, 7) is 0.451. The van der Waals surface area contributed by atoms with E-state index in [1.54, 1.807) is 0 Å². The Hall–Kier alpha value is -2.66. The number of nitrogens with one attached hydrogen (secondary N) is 2. The maximum Gasteiger partial charge on any atom is 0.247 e. The second-order valence-electron chi connectivity index (χ2n) is 5.56. The highest BCUT2D eigenvalue weighted by Gasteiger charge is 2.21. The molecule has 0 spiro atoms. The fourth-order valence-corrected chi connectivity index (χ4v) is 2.34. The number of hydrogen-bond acceptors (Lipinski definition) is 3. The van der Waals surface area contributed by atoms with Gasteiger partial charge in [0.1, 0.15) is 6.04 Å². The third-order valence-electron chi connectivity index (χ3n) is 3.58. The second-order valence-corrected chi connectivity index (χ2v) is 5.56. The van der Waals surface area contributed by atoms with Crippen LogP contribution in [0.5, 0.6) is 0 Å². The van der Waals surface area contributed by atoms with E-state index in [0.717, 1.165) is 5.56 Å². The van der Waals surface area contributed by atoms with Crippen molar-refractivity contribution in [1.82, 2.24) is 5.32 Å². The van der Waals surface area contributed by atoms with Crippen molar-refractivity contribution in [1.29, 1.82) is 0 Å². The zero-order chi connectivity index (χ0) is 17.2. The lowest BCUT2D eigenvalue weighted by Crippen LogP contribution is -2.45. The monoisotopic (exact) mass is 325 g/mol. The van der Waals surface area contributed by atoms with Crippen LogP contribution in [0.3, 0.4) is 0 Å². The normalized spacial score (nSPS) is 11.5. The number of anilines is 1. The number of carbonyl (C=O) groups excluding carboxylic acids is 2. The first-order chi connectivity index (χ1) is 11.7. The quantitative estimate of drug-likeness (QED) is 0.695. The van der Waals surface area contributed by atoms with Crippen LogP contribution >= 0.6 is 0 Å². The Morgan fingerprint density at radius 1 is 0.958 bits per heavy atom. The van der Waals surface area contributed by atoms with Gasteiger partial charge < -0.3 is 16.4 Å². The van der Waals surface area contributed by atoms with E-state index in [1.807, 2.05) is 60.7 Å². The van der Waals surface area contributed by atoms with Gasteiger partial charge in [-0.25, -0.2) is 0 Å². The molecule has 2 amide bonds. The molecule has 1 unspecified atom stereocenters. The van der Waals surface area contributed by atoms with Crippen LogP contribution in [0.1, 0.15) is 18.4 Å². The largest absolute Gasteiger partial charge is 0.344 e. The minimum Gasteiger partial charge on any atom is -0.344 e. The predicted molar refractivity (Wildman–Crippen MR) is 95.4 cm³/mol. The summed E-state index contributed by atoms with van der Waals surface area (Å²) in [7, 11) is 0. The average molecular weight is 325 g/mol. The molecule has 2 rings (SSSR count). The number of para-hydroxylation sites is 1. The predicted octanol–water partition coefficient (Wildman–Crippen LogP) is 2.09. The van der Waals surface area contributed by atoms with Crippen molar-refractivity contribution in [2.45, 2.75) is 25.3 Å². The molecular formula is C19H23N3O2. The number of hydrogen-bond donors (Lipinski definition) is 3. The van der Waals surface area contributed by atoms with Gasteiger partial charge in [-0.3, -0.25) is 9.59 Å². The molecule has 2 aromatic rings. The molecule has 5 nitrogen and oxygen atoms in total. The Kier molecular flexibility index (Phi) is 6.98. The molecule has 0 radical (unpaired) electrons. The van der Waals surface area contributed by atoms with E-state index < -0.39 is 6.04 Å². The second kappa shape index (κ2) is 9.47. The van der Waals surface area contributed by atoms with Crippen molar-refractivity contribution in [2.75, 3.05) is 11.9 Å². The van der Waals surface area contributed by atoms with E-state index >= 15 is 0 Å². The minimum absolute atomic E-state index is 0.162. The topological polar surface area (TPSA) is 84.2 Å². The highest BCUT2D eigenvalue weighted by atomic mass is 16.2. The lowest BCUT2D eigenvalue weighted by molar-refractivity contribution is -0.126. The molecule has 0 aromatic heterocycles. The van der Waals surface area contributed by atoms with E-state index in [4.69, 9.17) is 5.73 Å². The first-order valence-corrected chi connectivity index (χ1v) is 8.08. The fourth-order valence-electron chi connectivity index (χ4n) is 2.34. The summed E-state index contributed by atoms with van der Waals surface area (Å²) in [5, 5.41) is 5.66. The third-order valence-corrected chi connectivity index (χ3v) is 3.58. The highest BCUT2D eigenvalue weighted by molar-refractivity contribution is 5.97. The summed E-state index contributed by atoms with van der Waals surface area (Å²) in [5.41, 5.74) is 7.13. The van der Waals surface area contributed by atoms with Gasteiger partial charge in [0.2, 0.25) is 11.8 Å². The van der Waals surface area contributed by atoms with Gasteiger partial charge in [-0.1, -0.05) is 48.5 Å². The van der Waals surface area contributed by atoms with Gasteiger partial charge in [0.05, 0.1) is 0 Å². The van der Waals surface area contributed by atoms with E-state index in [0.29, 0.717) is 31.5 Å². The first kappa shape index (κ1) is 17.7. The van der Waals surface area contributed by atoms with Gasteiger partial charge >= 0.3 is 0 Å². The molecule has 0 fully saturated rings. The van der Waals surface area contributed by atoms with E-state index in [9.17, 15) is 9.59 Å². The molecule has 0 heterocycles. The van der Waals surface area contributed by atoms with E-state index in [1.165, 1.54) is 0 Å². The fraction of sp³-hybridized carbons (Fsp3) is 0.263. The highest BCUT2D eigenvalue weighted by Crippen LogP contribution is 2.09. The lowest BCUT2D eigenvalue weighted by Gasteiger charge is -2.19. The molecule has 24 heavy (non-hydrogen) atoms. The lowest BCUT2D eigenvalue weighted by atomic mass is 10.0. The maximum atomic E-state index is 12.6. The molecule has 0 aliphatic carbocycles. The van der Waals surface area contributed by atoms with Crippen molar-refractivity contribution in [3.05, 3.63) is 66.2 Å². The van der Waals surface area contributed by atoms with Crippen LogP contribution in [0.2, 0.25) is 0 Å².